The summed E-state index contributed by atoms with van der Waals surface area (Å²) in [4.78, 5) is 0. The molecule has 0 bridgehead atoms. The van der Waals surface area contributed by atoms with Gasteiger partial charge in [0.25, 0.3) is 0 Å². The molecule has 0 spiro atoms. The first-order valence-electron chi connectivity index (χ1n) is 2.76. The number of hydrogen-bond acceptors (Lipinski definition) is 2. The van der Waals surface area contributed by atoms with E-state index >= 15 is 0 Å². The van der Waals surface area contributed by atoms with Gasteiger partial charge in [0.1, 0.15) is 5.76 Å². The highest BCUT2D eigenvalue weighted by Gasteiger charge is 1.89. The number of allylic oxidation sites excluding steroid dienone is 2. The van der Waals surface area contributed by atoms with Gasteiger partial charge < -0.3 is 10.5 Å². The number of ether oxygens (including phenoxy) is 1. The number of hydrogen-bond donors (Lipinski definition) is 1. The van der Waals surface area contributed by atoms with Gasteiger partial charge >= 0.3 is 0 Å². The molecule has 0 aliphatic rings. The van der Waals surface area contributed by atoms with Crippen molar-refractivity contribution in [3.63, 3.8) is 0 Å². The number of nitrogens with two attached hydrogens (primary N) is 1. The SMILES string of the molecule is C=C(N)OC(/C=C\I)=C/C. The maximum absolute atomic E-state index is 5.21. The second-order valence-corrected chi connectivity index (χ2v) is 2.27. The van der Waals surface area contributed by atoms with Gasteiger partial charge in [-0.05, 0) is 29.7 Å². The number of halogens is 1. The van der Waals surface area contributed by atoms with Crippen LogP contribution in [0.3, 0.4) is 0 Å². The molecule has 2 nitrogen and oxygen atoms in total. The molecule has 0 rings (SSSR count). The van der Waals surface area contributed by atoms with Gasteiger partial charge in [-0.3, -0.25) is 0 Å². The molecule has 0 saturated heterocycles. The van der Waals surface area contributed by atoms with E-state index in [0.717, 1.165) is 0 Å². The highest BCUT2D eigenvalue weighted by Crippen LogP contribution is 2.03. The number of rotatable bonds is 3. The zero-order valence-corrected chi connectivity index (χ0v) is 7.96. The Bertz CT molecular complexity index is 172. The fourth-order valence-electron chi connectivity index (χ4n) is 0.403. The lowest BCUT2D eigenvalue weighted by Crippen LogP contribution is -1.98. The molecule has 3 heteroatoms. The summed E-state index contributed by atoms with van der Waals surface area (Å²) in [6, 6.07) is 0. The van der Waals surface area contributed by atoms with Crippen LogP contribution in [0.2, 0.25) is 0 Å². The molecule has 0 heterocycles. The lowest BCUT2D eigenvalue weighted by atomic mass is 10.4. The minimum atomic E-state index is 0.211. The molecule has 2 N–H and O–H groups in total. The molecular weight excluding hydrogens is 241 g/mol. The Morgan fingerprint density at radius 2 is 2.30 bits per heavy atom. The second kappa shape index (κ2) is 5.34. The summed E-state index contributed by atoms with van der Waals surface area (Å²) in [5.74, 6) is 0.921. The molecular formula is C7H10INO. The maximum atomic E-state index is 5.21. The fourth-order valence-corrected chi connectivity index (χ4v) is 0.757. The third-order valence-electron chi connectivity index (χ3n) is 0.761. The molecule has 0 unspecified atom stereocenters. The van der Waals surface area contributed by atoms with E-state index in [1.54, 1.807) is 6.08 Å². The van der Waals surface area contributed by atoms with Gasteiger partial charge in [0.15, 0.2) is 5.88 Å². The monoisotopic (exact) mass is 251 g/mol. The highest BCUT2D eigenvalue weighted by molar-refractivity contribution is 14.1. The van der Waals surface area contributed by atoms with Crippen molar-refractivity contribution in [3.8, 4) is 0 Å². The van der Waals surface area contributed by atoms with Crippen LogP contribution in [0, 0.1) is 0 Å². The largest absolute Gasteiger partial charge is 0.443 e. The Kier molecular flexibility index (Phi) is 5.10. The topological polar surface area (TPSA) is 35.2 Å². The molecule has 10 heavy (non-hydrogen) atoms. The summed E-state index contributed by atoms with van der Waals surface area (Å²) in [5.41, 5.74) is 5.21. The molecule has 0 aromatic heterocycles. The standard InChI is InChI=1S/C7H10INO/c1-3-7(4-5-8)10-6(2)9/h3-5H,2,9H2,1H3/b5-4-,7-3+. The van der Waals surface area contributed by atoms with E-state index in [9.17, 15) is 0 Å². The average Bonchev–Trinajstić information content (AvgIpc) is 1.86. The molecule has 0 amide bonds. The molecule has 0 aliphatic heterocycles. The van der Waals surface area contributed by atoms with Crippen molar-refractivity contribution in [1.29, 1.82) is 0 Å². The van der Waals surface area contributed by atoms with Crippen LogP contribution >= 0.6 is 22.6 Å². The lowest BCUT2D eigenvalue weighted by Gasteiger charge is -2.02. The van der Waals surface area contributed by atoms with Crippen molar-refractivity contribution in [3.05, 3.63) is 34.5 Å². The summed E-state index contributed by atoms with van der Waals surface area (Å²) in [6.07, 6.45) is 3.62. The molecule has 0 atom stereocenters. The predicted octanol–water partition coefficient (Wildman–Crippen LogP) is 2.29. The minimum Gasteiger partial charge on any atom is -0.443 e. The van der Waals surface area contributed by atoms with Crippen molar-refractivity contribution in [1.82, 2.24) is 0 Å². The Balaban J connectivity index is 3.98. The first-order chi connectivity index (χ1) is 4.70. The third-order valence-corrected chi connectivity index (χ3v) is 1.12. The third kappa shape index (κ3) is 4.43. The van der Waals surface area contributed by atoms with E-state index in [1.807, 2.05) is 17.1 Å². The normalized spacial score (nSPS) is 12.0. The van der Waals surface area contributed by atoms with E-state index in [0.29, 0.717) is 5.76 Å². The van der Waals surface area contributed by atoms with E-state index in [-0.39, 0.29) is 5.88 Å². The Labute approximate surface area is 74.6 Å². The van der Waals surface area contributed by atoms with Gasteiger partial charge in [0, 0.05) is 0 Å². The molecule has 0 aliphatic carbocycles. The average molecular weight is 251 g/mol. The van der Waals surface area contributed by atoms with Crippen LogP contribution in [0.15, 0.2) is 34.5 Å². The van der Waals surface area contributed by atoms with Gasteiger partial charge in [-0.15, -0.1) is 0 Å². The van der Waals surface area contributed by atoms with E-state index in [1.165, 1.54) is 0 Å². The zero-order valence-electron chi connectivity index (χ0n) is 5.80. The van der Waals surface area contributed by atoms with Crippen molar-refractivity contribution in [2.24, 2.45) is 5.73 Å². The zero-order chi connectivity index (χ0) is 7.98. The molecule has 56 valence electrons. The van der Waals surface area contributed by atoms with Crippen molar-refractivity contribution in [2.75, 3.05) is 0 Å². The summed E-state index contributed by atoms with van der Waals surface area (Å²) < 4.78 is 6.84. The summed E-state index contributed by atoms with van der Waals surface area (Å²) in [6.45, 7) is 5.27. The van der Waals surface area contributed by atoms with Crippen LogP contribution in [0.1, 0.15) is 6.92 Å². The van der Waals surface area contributed by atoms with Crippen molar-refractivity contribution in [2.45, 2.75) is 6.92 Å². The summed E-state index contributed by atoms with van der Waals surface area (Å²) in [7, 11) is 0. The fraction of sp³-hybridized carbons (Fsp3) is 0.143. The summed E-state index contributed by atoms with van der Waals surface area (Å²) >= 11 is 2.10. The van der Waals surface area contributed by atoms with E-state index < -0.39 is 0 Å². The van der Waals surface area contributed by atoms with Crippen molar-refractivity contribution < 1.29 is 4.74 Å². The Morgan fingerprint density at radius 1 is 1.70 bits per heavy atom. The van der Waals surface area contributed by atoms with Crippen LogP contribution in [0.4, 0.5) is 0 Å². The van der Waals surface area contributed by atoms with Crippen LogP contribution in [0.5, 0.6) is 0 Å². The highest BCUT2D eigenvalue weighted by atomic mass is 127. The quantitative estimate of drug-likeness (QED) is 0.474. The van der Waals surface area contributed by atoms with Gasteiger partial charge in [0.05, 0.1) is 0 Å². The van der Waals surface area contributed by atoms with Gasteiger partial charge in [-0.1, -0.05) is 22.6 Å². The van der Waals surface area contributed by atoms with Gasteiger partial charge in [-0.2, -0.15) is 0 Å². The van der Waals surface area contributed by atoms with E-state index in [2.05, 4.69) is 29.2 Å². The minimum absolute atomic E-state index is 0.211. The van der Waals surface area contributed by atoms with Crippen LogP contribution in [-0.4, -0.2) is 0 Å². The molecule has 0 radical (unpaired) electrons. The Morgan fingerprint density at radius 3 is 2.60 bits per heavy atom. The van der Waals surface area contributed by atoms with Gasteiger partial charge in [0.2, 0.25) is 0 Å². The van der Waals surface area contributed by atoms with Crippen molar-refractivity contribution >= 4 is 22.6 Å². The van der Waals surface area contributed by atoms with Crippen LogP contribution < -0.4 is 5.73 Å². The smallest absolute Gasteiger partial charge is 0.183 e. The molecule has 0 aromatic rings. The lowest BCUT2D eigenvalue weighted by molar-refractivity contribution is 0.317. The predicted molar refractivity (Wildman–Crippen MR) is 51.3 cm³/mol. The van der Waals surface area contributed by atoms with Crippen LogP contribution in [0.25, 0.3) is 0 Å². The summed E-state index contributed by atoms with van der Waals surface area (Å²) in [5, 5.41) is 0. The maximum Gasteiger partial charge on any atom is 0.183 e. The van der Waals surface area contributed by atoms with E-state index in [4.69, 9.17) is 10.5 Å². The molecule has 0 fully saturated rings. The second-order valence-electron chi connectivity index (χ2n) is 1.55. The Hall–Kier alpha value is -0.450. The van der Waals surface area contributed by atoms with Gasteiger partial charge in [-0.25, -0.2) is 0 Å². The first kappa shape index (κ1) is 9.55. The van der Waals surface area contributed by atoms with Crippen LogP contribution in [-0.2, 0) is 4.74 Å². The first-order valence-corrected chi connectivity index (χ1v) is 4.00. The molecule has 0 saturated carbocycles. The molecule has 0 aromatic carbocycles.